The molecule has 3 rings (SSSR count). The van der Waals surface area contributed by atoms with Crippen LogP contribution in [-0.2, 0) is 17.8 Å². The average Bonchev–Trinajstić information content (AvgIpc) is 3.08. The van der Waals surface area contributed by atoms with Crippen molar-refractivity contribution in [2.75, 3.05) is 13.2 Å². The maximum atomic E-state index is 12.1. The number of allylic oxidation sites excluding steroid dienone is 1. The molecule has 0 spiro atoms. The van der Waals surface area contributed by atoms with Gasteiger partial charge in [0.2, 0.25) is 0 Å². The topological polar surface area (TPSA) is 56.2 Å². The molecule has 0 saturated carbocycles. The molecule has 0 aliphatic carbocycles. The highest BCUT2D eigenvalue weighted by atomic mass is 16.5. The van der Waals surface area contributed by atoms with E-state index >= 15 is 0 Å². The molecule has 0 aliphatic heterocycles. The van der Waals surface area contributed by atoms with Crippen LogP contribution < -0.4 is 10.1 Å². The van der Waals surface area contributed by atoms with Crippen molar-refractivity contribution in [2.45, 2.75) is 53.0 Å². The molecule has 0 saturated heterocycles. The lowest BCUT2D eigenvalue weighted by Gasteiger charge is -2.11. The number of para-hydroxylation sites is 2. The van der Waals surface area contributed by atoms with Gasteiger partial charge in [0.25, 0.3) is 5.91 Å². The van der Waals surface area contributed by atoms with E-state index in [0.717, 1.165) is 71.5 Å². The van der Waals surface area contributed by atoms with E-state index in [0.29, 0.717) is 6.54 Å². The number of imidazole rings is 1. The third-order valence-electron chi connectivity index (χ3n) is 5.26. The van der Waals surface area contributed by atoms with Crippen molar-refractivity contribution in [3.63, 3.8) is 0 Å². The monoisotopic (exact) mass is 419 g/mol. The summed E-state index contributed by atoms with van der Waals surface area (Å²) in [5.74, 6) is 1.80. The molecule has 5 heteroatoms. The van der Waals surface area contributed by atoms with Crippen LogP contribution in [0.4, 0.5) is 0 Å². The molecule has 0 fully saturated rings. The van der Waals surface area contributed by atoms with Gasteiger partial charge >= 0.3 is 0 Å². The SMILES string of the molecule is C=C(C)Cn1c(CCCCCNC(=O)COc2cc(C)ccc2C)nc2ccccc21. The molecular formula is C26H33N3O2. The fourth-order valence-corrected chi connectivity index (χ4v) is 3.63. The van der Waals surface area contributed by atoms with E-state index in [2.05, 4.69) is 34.7 Å². The van der Waals surface area contributed by atoms with Crippen LogP contribution in [0.3, 0.4) is 0 Å². The van der Waals surface area contributed by atoms with Crippen LogP contribution in [0.15, 0.2) is 54.6 Å². The number of hydrogen-bond acceptors (Lipinski definition) is 3. The van der Waals surface area contributed by atoms with E-state index in [4.69, 9.17) is 9.72 Å². The van der Waals surface area contributed by atoms with Gasteiger partial charge in [-0.3, -0.25) is 4.79 Å². The molecule has 0 bridgehead atoms. The predicted molar refractivity (Wildman–Crippen MR) is 127 cm³/mol. The van der Waals surface area contributed by atoms with E-state index in [1.807, 2.05) is 45.0 Å². The van der Waals surface area contributed by atoms with Gasteiger partial charge < -0.3 is 14.6 Å². The third kappa shape index (κ3) is 6.45. The van der Waals surface area contributed by atoms with E-state index in [1.165, 1.54) is 0 Å². The number of nitrogens with one attached hydrogen (secondary N) is 1. The number of carbonyl (C=O) groups is 1. The normalized spacial score (nSPS) is 10.9. The molecule has 164 valence electrons. The van der Waals surface area contributed by atoms with Crippen LogP contribution in [0.5, 0.6) is 5.75 Å². The molecule has 2 aromatic carbocycles. The predicted octanol–water partition coefficient (Wildman–Crippen LogP) is 5.14. The maximum absolute atomic E-state index is 12.1. The summed E-state index contributed by atoms with van der Waals surface area (Å²) in [5, 5.41) is 2.95. The molecular weight excluding hydrogens is 386 g/mol. The molecule has 0 atom stereocenters. The van der Waals surface area contributed by atoms with Crippen molar-refractivity contribution < 1.29 is 9.53 Å². The van der Waals surface area contributed by atoms with Crippen molar-refractivity contribution in [3.05, 3.63) is 71.6 Å². The second-order valence-electron chi connectivity index (χ2n) is 8.28. The lowest BCUT2D eigenvalue weighted by Crippen LogP contribution is -2.29. The van der Waals surface area contributed by atoms with Gasteiger partial charge in [-0.15, -0.1) is 0 Å². The summed E-state index contributed by atoms with van der Waals surface area (Å²) < 4.78 is 7.93. The van der Waals surface area contributed by atoms with Crippen molar-refractivity contribution >= 4 is 16.9 Å². The zero-order valence-corrected chi connectivity index (χ0v) is 18.9. The van der Waals surface area contributed by atoms with Crippen molar-refractivity contribution in [2.24, 2.45) is 0 Å². The van der Waals surface area contributed by atoms with Crippen LogP contribution >= 0.6 is 0 Å². The van der Waals surface area contributed by atoms with Gasteiger partial charge in [-0.1, -0.05) is 42.8 Å². The van der Waals surface area contributed by atoms with Gasteiger partial charge in [0, 0.05) is 19.5 Å². The summed E-state index contributed by atoms with van der Waals surface area (Å²) >= 11 is 0. The Hall–Kier alpha value is -3.08. The number of carbonyl (C=O) groups excluding carboxylic acids is 1. The van der Waals surface area contributed by atoms with E-state index in [-0.39, 0.29) is 12.5 Å². The smallest absolute Gasteiger partial charge is 0.257 e. The number of benzene rings is 2. The Kier molecular flexibility index (Phi) is 7.88. The first-order valence-electron chi connectivity index (χ1n) is 11.0. The van der Waals surface area contributed by atoms with Gasteiger partial charge in [-0.05, 0) is 62.9 Å². The molecule has 1 aromatic heterocycles. The summed E-state index contributed by atoms with van der Waals surface area (Å²) in [6, 6.07) is 14.3. The fraction of sp³-hybridized carbons (Fsp3) is 0.385. The average molecular weight is 420 g/mol. The summed E-state index contributed by atoms with van der Waals surface area (Å²) in [6.07, 6.45) is 3.93. The molecule has 0 unspecified atom stereocenters. The minimum Gasteiger partial charge on any atom is -0.483 e. The standard InChI is InChI=1S/C26H33N3O2/c1-19(2)17-29-23-11-8-7-10-22(23)28-25(29)12-6-5-9-15-27-26(30)18-31-24-16-20(3)13-14-21(24)4/h7-8,10-11,13-14,16H,1,5-6,9,12,15,17-18H2,2-4H3,(H,27,30). The Labute approximate surface area is 185 Å². The molecule has 5 nitrogen and oxygen atoms in total. The number of aryl methyl sites for hydroxylation is 3. The van der Waals surface area contributed by atoms with Crippen LogP contribution in [0.2, 0.25) is 0 Å². The van der Waals surface area contributed by atoms with Gasteiger partial charge in [0.1, 0.15) is 11.6 Å². The number of nitrogens with zero attached hydrogens (tertiary/aromatic N) is 2. The highest BCUT2D eigenvalue weighted by Crippen LogP contribution is 2.20. The number of hydrogen-bond donors (Lipinski definition) is 1. The van der Waals surface area contributed by atoms with Gasteiger partial charge in [0.15, 0.2) is 6.61 Å². The highest BCUT2D eigenvalue weighted by Gasteiger charge is 2.10. The first-order chi connectivity index (χ1) is 14.9. The number of unbranched alkanes of at least 4 members (excludes halogenated alkanes) is 2. The number of fused-ring (bicyclic) bond motifs is 1. The van der Waals surface area contributed by atoms with Gasteiger partial charge in [-0.25, -0.2) is 4.98 Å². The van der Waals surface area contributed by atoms with Crippen LogP contribution in [0.1, 0.15) is 43.1 Å². The summed E-state index contributed by atoms with van der Waals surface area (Å²) in [6.45, 7) is 11.6. The number of rotatable bonds is 11. The van der Waals surface area contributed by atoms with Crippen molar-refractivity contribution in [1.82, 2.24) is 14.9 Å². The first kappa shape index (κ1) is 22.6. The fourth-order valence-electron chi connectivity index (χ4n) is 3.63. The first-order valence-corrected chi connectivity index (χ1v) is 11.0. The largest absolute Gasteiger partial charge is 0.483 e. The molecule has 0 radical (unpaired) electrons. The lowest BCUT2D eigenvalue weighted by atomic mass is 10.1. The third-order valence-corrected chi connectivity index (χ3v) is 5.26. The lowest BCUT2D eigenvalue weighted by molar-refractivity contribution is -0.123. The maximum Gasteiger partial charge on any atom is 0.257 e. The van der Waals surface area contributed by atoms with Crippen LogP contribution in [0, 0.1) is 13.8 Å². The van der Waals surface area contributed by atoms with E-state index in [9.17, 15) is 4.79 Å². The minimum absolute atomic E-state index is 0.0508. The molecule has 1 N–H and O–H groups in total. The summed E-state index contributed by atoms with van der Waals surface area (Å²) in [7, 11) is 0. The quantitative estimate of drug-likeness (QED) is 0.346. The molecule has 3 aromatic rings. The van der Waals surface area contributed by atoms with Crippen LogP contribution in [-0.4, -0.2) is 28.6 Å². The van der Waals surface area contributed by atoms with E-state index < -0.39 is 0 Å². The Morgan fingerprint density at radius 1 is 1.13 bits per heavy atom. The number of ether oxygens (including phenoxy) is 1. The summed E-state index contributed by atoms with van der Waals surface area (Å²) in [4.78, 5) is 16.9. The molecule has 31 heavy (non-hydrogen) atoms. The Morgan fingerprint density at radius 3 is 2.74 bits per heavy atom. The zero-order valence-electron chi connectivity index (χ0n) is 18.9. The van der Waals surface area contributed by atoms with Gasteiger partial charge in [-0.2, -0.15) is 0 Å². The second kappa shape index (κ2) is 10.8. The van der Waals surface area contributed by atoms with Crippen LogP contribution in [0.25, 0.3) is 11.0 Å². The molecule has 1 heterocycles. The second-order valence-corrected chi connectivity index (χ2v) is 8.28. The van der Waals surface area contributed by atoms with Crippen molar-refractivity contribution in [1.29, 1.82) is 0 Å². The van der Waals surface area contributed by atoms with Crippen molar-refractivity contribution in [3.8, 4) is 5.75 Å². The number of aromatic nitrogens is 2. The summed E-state index contributed by atoms with van der Waals surface area (Å²) in [5.41, 5.74) is 5.48. The molecule has 1 amide bonds. The Balaban J connectivity index is 1.39. The molecule has 0 aliphatic rings. The Bertz CT molecular complexity index is 1050. The highest BCUT2D eigenvalue weighted by molar-refractivity contribution is 5.77. The Morgan fingerprint density at radius 2 is 1.94 bits per heavy atom. The number of amides is 1. The van der Waals surface area contributed by atoms with Gasteiger partial charge in [0.05, 0.1) is 11.0 Å². The van der Waals surface area contributed by atoms with E-state index in [1.54, 1.807) is 0 Å². The minimum atomic E-state index is -0.0795. The zero-order chi connectivity index (χ0) is 22.2.